The lowest BCUT2D eigenvalue weighted by Gasteiger charge is -2.04. The van der Waals surface area contributed by atoms with Gasteiger partial charge in [-0.1, -0.05) is 37.5 Å². The summed E-state index contributed by atoms with van der Waals surface area (Å²) in [6, 6.07) is -0.0273. The molecule has 1 N–H and O–H groups in total. The van der Waals surface area contributed by atoms with Crippen molar-refractivity contribution in [1.82, 2.24) is 15.5 Å². The second-order valence-corrected chi connectivity index (χ2v) is 8.14. The number of hydrogen-bond donors (Lipinski definition) is 1. The fraction of sp³-hybridized carbons (Fsp3) is 0.750. The van der Waals surface area contributed by atoms with Crippen molar-refractivity contribution < 1.29 is 13.2 Å². The van der Waals surface area contributed by atoms with Crippen LogP contribution in [0.25, 0.3) is 0 Å². The third-order valence-electron chi connectivity index (χ3n) is 2.55. The van der Waals surface area contributed by atoms with Crippen LogP contribution in [0.3, 0.4) is 0 Å². The molecule has 6 nitrogen and oxygen atoms in total. The minimum Gasteiger partial charge on any atom is -0.348 e. The van der Waals surface area contributed by atoms with Crippen molar-refractivity contribution in [1.29, 1.82) is 0 Å². The highest BCUT2D eigenvalue weighted by molar-refractivity contribution is 7.93. The largest absolute Gasteiger partial charge is 0.348 e. The second-order valence-electron chi connectivity index (χ2n) is 4.88. The first-order valence-electron chi connectivity index (χ1n) is 6.74. The molecule has 0 saturated heterocycles. The summed E-state index contributed by atoms with van der Waals surface area (Å²) in [5.74, 6) is -0.321. The lowest BCUT2D eigenvalue weighted by Crippen LogP contribution is -2.29. The Bertz CT molecular complexity index is 538. The molecule has 0 aliphatic carbocycles. The Morgan fingerprint density at radius 2 is 1.95 bits per heavy atom. The third kappa shape index (κ3) is 5.16. The molecular formula is C12H21N3O3S2. The van der Waals surface area contributed by atoms with Gasteiger partial charge in [0.05, 0.1) is 5.75 Å². The Balaban J connectivity index is 2.68. The van der Waals surface area contributed by atoms with Crippen LogP contribution < -0.4 is 5.32 Å². The number of carbonyl (C=O) groups is 1. The normalized spacial score (nSPS) is 11.8. The molecule has 0 bridgehead atoms. The number of carbonyl (C=O) groups excluding carboxylic acids is 1. The van der Waals surface area contributed by atoms with Crippen LogP contribution in [-0.4, -0.2) is 36.3 Å². The molecule has 0 fully saturated rings. The van der Waals surface area contributed by atoms with Crippen LogP contribution in [-0.2, 0) is 9.84 Å². The molecular weight excluding hydrogens is 298 g/mol. The zero-order valence-corrected chi connectivity index (χ0v) is 13.7. The number of sulfone groups is 1. The summed E-state index contributed by atoms with van der Waals surface area (Å²) in [6.07, 6.45) is 3.57. The molecule has 1 aromatic heterocycles. The van der Waals surface area contributed by atoms with Gasteiger partial charge < -0.3 is 5.32 Å². The first-order chi connectivity index (χ1) is 9.36. The van der Waals surface area contributed by atoms with Gasteiger partial charge in [0, 0.05) is 6.04 Å². The molecule has 114 valence electrons. The van der Waals surface area contributed by atoms with Crippen LogP contribution in [0.2, 0.25) is 0 Å². The zero-order valence-electron chi connectivity index (χ0n) is 12.0. The molecule has 1 aromatic rings. The van der Waals surface area contributed by atoms with Crippen LogP contribution in [0.5, 0.6) is 0 Å². The van der Waals surface area contributed by atoms with E-state index < -0.39 is 9.84 Å². The molecule has 0 aromatic carbocycles. The van der Waals surface area contributed by atoms with Gasteiger partial charge in [0.15, 0.2) is 0 Å². The fourth-order valence-corrected chi connectivity index (χ4v) is 3.96. The summed E-state index contributed by atoms with van der Waals surface area (Å²) in [5.41, 5.74) is 0. The lowest BCUT2D eigenvalue weighted by molar-refractivity contribution is 0.0942. The highest BCUT2D eigenvalue weighted by Gasteiger charge is 2.22. The Kier molecular flexibility index (Phi) is 6.54. The average molecular weight is 319 g/mol. The maximum absolute atomic E-state index is 12.0. The van der Waals surface area contributed by atoms with Gasteiger partial charge in [0.1, 0.15) is 0 Å². The summed E-state index contributed by atoms with van der Waals surface area (Å²) < 4.78 is 24.0. The van der Waals surface area contributed by atoms with E-state index in [0.717, 1.165) is 30.6 Å². The van der Waals surface area contributed by atoms with Crippen molar-refractivity contribution in [3.05, 3.63) is 5.01 Å². The molecule has 0 atom stereocenters. The van der Waals surface area contributed by atoms with E-state index in [1.165, 1.54) is 0 Å². The van der Waals surface area contributed by atoms with Crippen LogP contribution in [0, 0.1) is 0 Å². The molecule has 0 spiro atoms. The standard InChI is InChI=1S/C12H21N3O3S2/c1-4-5-6-7-8-20(17,18)12-15-14-11(19-12)10(16)13-9(2)3/h9H,4-8H2,1-3H3,(H,13,16). The van der Waals surface area contributed by atoms with E-state index in [0.29, 0.717) is 6.42 Å². The fourth-order valence-electron chi connectivity index (χ4n) is 1.56. The van der Waals surface area contributed by atoms with Crippen molar-refractivity contribution in [2.75, 3.05) is 5.75 Å². The van der Waals surface area contributed by atoms with E-state index in [9.17, 15) is 13.2 Å². The Morgan fingerprint density at radius 1 is 1.25 bits per heavy atom. The number of nitrogens with one attached hydrogen (secondary N) is 1. The van der Waals surface area contributed by atoms with Crippen LogP contribution >= 0.6 is 11.3 Å². The van der Waals surface area contributed by atoms with Crippen molar-refractivity contribution >= 4 is 27.1 Å². The topological polar surface area (TPSA) is 89.0 Å². The zero-order chi connectivity index (χ0) is 15.2. The molecule has 1 heterocycles. The van der Waals surface area contributed by atoms with Crippen molar-refractivity contribution in [2.24, 2.45) is 0 Å². The smallest absolute Gasteiger partial charge is 0.282 e. The second kappa shape index (κ2) is 7.68. The number of unbranched alkanes of at least 4 members (excludes halogenated alkanes) is 3. The highest BCUT2D eigenvalue weighted by atomic mass is 32.2. The van der Waals surface area contributed by atoms with Gasteiger partial charge in [0.2, 0.25) is 19.2 Å². The summed E-state index contributed by atoms with van der Waals surface area (Å²) in [4.78, 5) is 11.7. The Hall–Kier alpha value is -1.02. The van der Waals surface area contributed by atoms with Crippen molar-refractivity contribution in [3.8, 4) is 0 Å². The molecule has 8 heteroatoms. The Labute approximate surface area is 123 Å². The van der Waals surface area contributed by atoms with E-state index in [1.807, 2.05) is 13.8 Å². The quantitative estimate of drug-likeness (QED) is 0.741. The van der Waals surface area contributed by atoms with E-state index >= 15 is 0 Å². The van der Waals surface area contributed by atoms with Gasteiger partial charge >= 0.3 is 0 Å². The number of amides is 1. The number of aromatic nitrogens is 2. The number of hydrogen-bond acceptors (Lipinski definition) is 6. The van der Waals surface area contributed by atoms with Crippen LogP contribution in [0.4, 0.5) is 0 Å². The molecule has 0 aliphatic heterocycles. The summed E-state index contributed by atoms with van der Waals surface area (Å²) in [7, 11) is -3.42. The average Bonchev–Trinajstić information content (AvgIpc) is 2.84. The van der Waals surface area contributed by atoms with Crippen molar-refractivity contribution in [2.45, 2.75) is 56.8 Å². The molecule has 0 saturated carbocycles. The van der Waals surface area contributed by atoms with Gasteiger partial charge in [0.25, 0.3) is 5.91 Å². The van der Waals surface area contributed by atoms with Crippen LogP contribution in [0.1, 0.15) is 56.3 Å². The van der Waals surface area contributed by atoms with Gasteiger partial charge in [-0.2, -0.15) is 0 Å². The minimum atomic E-state index is -3.42. The maximum Gasteiger partial charge on any atom is 0.282 e. The number of nitrogens with zero attached hydrogens (tertiary/aromatic N) is 2. The first kappa shape index (κ1) is 17.0. The van der Waals surface area contributed by atoms with E-state index in [2.05, 4.69) is 22.4 Å². The minimum absolute atomic E-state index is 0.0273. The van der Waals surface area contributed by atoms with Crippen molar-refractivity contribution in [3.63, 3.8) is 0 Å². The van der Waals surface area contributed by atoms with Gasteiger partial charge in [-0.3, -0.25) is 4.79 Å². The monoisotopic (exact) mass is 319 g/mol. The van der Waals surface area contributed by atoms with E-state index in [-0.39, 0.29) is 27.0 Å². The first-order valence-corrected chi connectivity index (χ1v) is 9.20. The highest BCUT2D eigenvalue weighted by Crippen LogP contribution is 2.18. The third-order valence-corrected chi connectivity index (χ3v) is 5.72. The molecule has 0 aliphatic rings. The maximum atomic E-state index is 12.0. The molecule has 20 heavy (non-hydrogen) atoms. The molecule has 0 radical (unpaired) electrons. The van der Waals surface area contributed by atoms with Crippen LogP contribution in [0.15, 0.2) is 4.34 Å². The van der Waals surface area contributed by atoms with Gasteiger partial charge in [-0.25, -0.2) is 8.42 Å². The summed E-state index contributed by atoms with van der Waals surface area (Å²) in [5, 5.41) is 10.0. The molecule has 1 amide bonds. The molecule has 1 rings (SSSR count). The Morgan fingerprint density at radius 3 is 2.55 bits per heavy atom. The lowest BCUT2D eigenvalue weighted by atomic mass is 10.2. The van der Waals surface area contributed by atoms with Gasteiger partial charge in [-0.05, 0) is 20.3 Å². The van der Waals surface area contributed by atoms with E-state index in [4.69, 9.17) is 0 Å². The molecule has 0 unspecified atom stereocenters. The SMILES string of the molecule is CCCCCCS(=O)(=O)c1nnc(C(=O)NC(C)C)s1. The predicted molar refractivity (Wildman–Crippen MR) is 78.7 cm³/mol. The predicted octanol–water partition coefficient (Wildman–Crippen LogP) is 2.03. The van der Waals surface area contributed by atoms with E-state index in [1.54, 1.807) is 0 Å². The summed E-state index contributed by atoms with van der Waals surface area (Å²) in [6.45, 7) is 5.72. The summed E-state index contributed by atoms with van der Waals surface area (Å²) >= 11 is 0.831. The number of rotatable bonds is 8. The van der Waals surface area contributed by atoms with Gasteiger partial charge in [-0.15, -0.1) is 10.2 Å².